The van der Waals surface area contributed by atoms with E-state index in [0.29, 0.717) is 18.0 Å². The minimum absolute atomic E-state index is 0.466. The van der Waals surface area contributed by atoms with Crippen molar-refractivity contribution < 1.29 is 4.42 Å². The minimum Gasteiger partial charge on any atom is -0.439 e. The number of rotatable bonds is 1. The Kier molecular flexibility index (Phi) is 2.11. The first-order valence-electron chi connectivity index (χ1n) is 6.12. The third-order valence-electron chi connectivity index (χ3n) is 4.00. The average Bonchev–Trinajstić information content (AvgIpc) is 3.03. The summed E-state index contributed by atoms with van der Waals surface area (Å²) < 4.78 is 6.93. The molecule has 2 aliphatic heterocycles. The molecule has 0 radical (unpaired) electrons. The summed E-state index contributed by atoms with van der Waals surface area (Å²) in [5.41, 5.74) is 1.84. The second-order valence-electron chi connectivity index (χ2n) is 5.03. The number of fused-ring (bicyclic) bond motifs is 3. The van der Waals surface area contributed by atoms with Gasteiger partial charge in [0.15, 0.2) is 11.5 Å². The molecule has 0 saturated carbocycles. The normalized spacial score (nSPS) is 31.5. The number of aromatic nitrogens is 1. The van der Waals surface area contributed by atoms with Gasteiger partial charge < -0.3 is 9.73 Å². The molecule has 2 bridgehead atoms. The topological polar surface area (TPSA) is 38.1 Å². The van der Waals surface area contributed by atoms with Gasteiger partial charge >= 0.3 is 0 Å². The molecule has 88 valence electrons. The zero-order chi connectivity index (χ0) is 11.4. The Hall–Kier alpha value is -0.870. The Bertz CT molecular complexity index is 580. The fourth-order valence-corrected chi connectivity index (χ4v) is 3.63. The van der Waals surface area contributed by atoms with Crippen LogP contribution in [0.2, 0.25) is 0 Å². The molecule has 2 aliphatic rings. The number of oxazole rings is 1. The van der Waals surface area contributed by atoms with Crippen molar-refractivity contribution in [2.24, 2.45) is 0 Å². The number of hydrogen-bond donors (Lipinski definition) is 1. The molecule has 1 aromatic carbocycles. The van der Waals surface area contributed by atoms with Crippen molar-refractivity contribution >= 4 is 27.0 Å². The first kappa shape index (κ1) is 10.1. The highest BCUT2D eigenvalue weighted by Crippen LogP contribution is 2.40. The van der Waals surface area contributed by atoms with E-state index >= 15 is 0 Å². The molecule has 2 saturated heterocycles. The second-order valence-corrected chi connectivity index (χ2v) is 5.88. The van der Waals surface area contributed by atoms with Gasteiger partial charge in [0, 0.05) is 12.1 Å². The molecule has 0 amide bonds. The van der Waals surface area contributed by atoms with Crippen LogP contribution in [-0.2, 0) is 0 Å². The van der Waals surface area contributed by atoms with Gasteiger partial charge in [0.05, 0.1) is 10.4 Å². The van der Waals surface area contributed by atoms with E-state index in [-0.39, 0.29) is 0 Å². The van der Waals surface area contributed by atoms with Crippen molar-refractivity contribution in [2.75, 3.05) is 0 Å². The van der Waals surface area contributed by atoms with Crippen molar-refractivity contribution in [3.05, 3.63) is 28.6 Å². The third kappa shape index (κ3) is 1.47. The molecule has 4 rings (SSSR count). The van der Waals surface area contributed by atoms with Crippen LogP contribution in [0.5, 0.6) is 0 Å². The highest BCUT2D eigenvalue weighted by molar-refractivity contribution is 9.10. The van der Waals surface area contributed by atoms with E-state index < -0.39 is 0 Å². The summed E-state index contributed by atoms with van der Waals surface area (Å²) in [7, 11) is 0. The summed E-state index contributed by atoms with van der Waals surface area (Å²) >= 11 is 3.51. The summed E-state index contributed by atoms with van der Waals surface area (Å²) in [6.45, 7) is 0. The molecule has 17 heavy (non-hydrogen) atoms. The highest BCUT2D eigenvalue weighted by Gasteiger charge is 2.42. The molecule has 3 atom stereocenters. The molecule has 2 fully saturated rings. The van der Waals surface area contributed by atoms with E-state index in [9.17, 15) is 0 Å². The van der Waals surface area contributed by atoms with E-state index in [2.05, 4.69) is 26.2 Å². The molecule has 2 aromatic rings. The van der Waals surface area contributed by atoms with Gasteiger partial charge in [-0.15, -0.1) is 0 Å². The minimum atomic E-state index is 0.466. The zero-order valence-corrected chi connectivity index (χ0v) is 10.9. The Labute approximate surface area is 108 Å². The van der Waals surface area contributed by atoms with Crippen molar-refractivity contribution in [3.8, 4) is 0 Å². The van der Waals surface area contributed by atoms with Crippen LogP contribution in [0.4, 0.5) is 0 Å². The summed E-state index contributed by atoms with van der Waals surface area (Å²) in [5, 5.41) is 3.62. The van der Waals surface area contributed by atoms with E-state index in [1.54, 1.807) is 0 Å². The van der Waals surface area contributed by atoms with Crippen LogP contribution >= 0.6 is 15.9 Å². The molecular formula is C13H13BrN2O. The third-order valence-corrected chi connectivity index (χ3v) is 4.63. The smallest absolute Gasteiger partial charge is 0.200 e. The van der Waals surface area contributed by atoms with Crippen LogP contribution in [0.25, 0.3) is 11.1 Å². The van der Waals surface area contributed by atoms with Gasteiger partial charge in [-0.3, -0.25) is 0 Å². The van der Waals surface area contributed by atoms with Crippen molar-refractivity contribution in [2.45, 2.75) is 37.3 Å². The number of halogens is 1. The lowest BCUT2D eigenvalue weighted by Gasteiger charge is -2.15. The highest BCUT2D eigenvalue weighted by atomic mass is 79.9. The second kappa shape index (κ2) is 3.56. The lowest BCUT2D eigenvalue weighted by molar-refractivity contribution is 0.407. The van der Waals surface area contributed by atoms with Crippen LogP contribution in [-0.4, -0.2) is 17.1 Å². The lowest BCUT2D eigenvalue weighted by atomic mass is 9.89. The van der Waals surface area contributed by atoms with Gasteiger partial charge in [-0.25, -0.2) is 4.98 Å². The Balaban J connectivity index is 1.79. The monoisotopic (exact) mass is 292 g/mol. The first-order chi connectivity index (χ1) is 8.31. The molecule has 3 unspecified atom stereocenters. The standard InChI is InChI=1S/C13H13BrN2O/c14-9-2-1-3-11-12(9)17-13(16-11)8-6-7-4-5-10(8)15-7/h1-3,7-8,10,15H,4-6H2. The fraction of sp³-hybridized carbons (Fsp3) is 0.462. The number of benzene rings is 1. The summed E-state index contributed by atoms with van der Waals surface area (Å²) in [6, 6.07) is 7.26. The largest absolute Gasteiger partial charge is 0.439 e. The summed E-state index contributed by atoms with van der Waals surface area (Å²) in [6.07, 6.45) is 3.75. The average molecular weight is 293 g/mol. The Morgan fingerprint density at radius 3 is 3.00 bits per heavy atom. The molecule has 1 N–H and O–H groups in total. The predicted molar refractivity (Wildman–Crippen MR) is 69.0 cm³/mol. The first-order valence-corrected chi connectivity index (χ1v) is 6.91. The van der Waals surface area contributed by atoms with E-state index in [0.717, 1.165) is 21.5 Å². The van der Waals surface area contributed by atoms with Crippen molar-refractivity contribution in [3.63, 3.8) is 0 Å². The van der Waals surface area contributed by atoms with Gasteiger partial charge in [-0.1, -0.05) is 6.07 Å². The van der Waals surface area contributed by atoms with Crippen LogP contribution in [0.3, 0.4) is 0 Å². The van der Waals surface area contributed by atoms with Gasteiger partial charge in [-0.2, -0.15) is 0 Å². The lowest BCUT2D eigenvalue weighted by Crippen LogP contribution is -2.21. The molecule has 0 aliphatic carbocycles. The number of hydrogen-bond acceptors (Lipinski definition) is 3. The molecule has 0 spiro atoms. The van der Waals surface area contributed by atoms with Gasteiger partial charge in [0.1, 0.15) is 5.52 Å². The number of para-hydroxylation sites is 1. The maximum Gasteiger partial charge on any atom is 0.200 e. The zero-order valence-electron chi connectivity index (χ0n) is 9.32. The van der Waals surface area contributed by atoms with E-state index in [1.807, 2.05) is 18.2 Å². The van der Waals surface area contributed by atoms with Crippen LogP contribution in [0, 0.1) is 0 Å². The van der Waals surface area contributed by atoms with Crippen LogP contribution in [0.1, 0.15) is 31.1 Å². The summed E-state index contributed by atoms with van der Waals surface area (Å²) in [4.78, 5) is 4.64. The van der Waals surface area contributed by atoms with Crippen molar-refractivity contribution in [1.82, 2.24) is 10.3 Å². The summed E-state index contributed by atoms with van der Waals surface area (Å²) in [5.74, 6) is 1.37. The molecule has 3 heterocycles. The Morgan fingerprint density at radius 1 is 1.35 bits per heavy atom. The molecule has 1 aromatic heterocycles. The molecule has 4 heteroatoms. The quantitative estimate of drug-likeness (QED) is 0.877. The molecule has 3 nitrogen and oxygen atoms in total. The maximum atomic E-state index is 5.94. The van der Waals surface area contributed by atoms with Gasteiger partial charge in [0.2, 0.25) is 0 Å². The van der Waals surface area contributed by atoms with Gasteiger partial charge in [-0.05, 0) is 47.3 Å². The van der Waals surface area contributed by atoms with Gasteiger partial charge in [0.25, 0.3) is 0 Å². The number of nitrogens with one attached hydrogen (secondary N) is 1. The van der Waals surface area contributed by atoms with E-state index in [4.69, 9.17) is 4.42 Å². The van der Waals surface area contributed by atoms with Crippen LogP contribution in [0.15, 0.2) is 27.1 Å². The van der Waals surface area contributed by atoms with Crippen molar-refractivity contribution in [1.29, 1.82) is 0 Å². The predicted octanol–water partition coefficient (Wildman–Crippen LogP) is 3.20. The number of nitrogens with zero attached hydrogens (tertiary/aromatic N) is 1. The Morgan fingerprint density at radius 2 is 2.29 bits per heavy atom. The van der Waals surface area contributed by atoms with E-state index in [1.165, 1.54) is 19.3 Å². The van der Waals surface area contributed by atoms with Crippen LogP contribution < -0.4 is 5.32 Å². The fourth-order valence-electron chi connectivity index (χ4n) is 3.19. The SMILES string of the molecule is Brc1cccc2nc(C3CC4CCC3N4)oc12. The maximum absolute atomic E-state index is 5.94. The molecular weight excluding hydrogens is 280 g/mol.